The van der Waals surface area contributed by atoms with Crippen LogP contribution < -0.4 is 0 Å². The Morgan fingerprint density at radius 1 is 1.00 bits per heavy atom. The van der Waals surface area contributed by atoms with Crippen molar-refractivity contribution in [1.82, 2.24) is 0 Å². The first-order valence-electron chi connectivity index (χ1n) is 2.97. The molecule has 0 fully saturated rings. The van der Waals surface area contributed by atoms with Gasteiger partial charge in [-0.25, -0.2) is 0 Å². The Hall–Kier alpha value is 0.335. The summed E-state index contributed by atoms with van der Waals surface area (Å²) in [6, 6.07) is 0. The Bertz CT molecular complexity index is 49.0. The molecule has 0 aromatic carbocycles. The van der Waals surface area contributed by atoms with E-state index in [2.05, 4.69) is 0 Å². The molecule has 0 amide bonds. The first kappa shape index (κ1) is 13.0. The average Bonchev–Trinajstić information content (AvgIpc) is 1.89. The van der Waals surface area contributed by atoms with E-state index in [0.717, 1.165) is 24.7 Å². The van der Waals surface area contributed by atoms with Crippen molar-refractivity contribution in [3.63, 3.8) is 0 Å². The zero-order valence-corrected chi connectivity index (χ0v) is 7.45. The number of hydrogen-bond acceptors (Lipinski definition) is 3. The lowest BCUT2D eigenvalue weighted by atomic mass is 10.8. The number of ether oxygens (including phenoxy) is 2. The summed E-state index contributed by atoms with van der Waals surface area (Å²) in [4.78, 5) is 0. The van der Waals surface area contributed by atoms with Crippen molar-refractivity contribution in [1.29, 1.82) is 0 Å². The standard InChI is InChI=1S/C6H14O2S.B/c1-7-3-5-9-6-4-8-2;/h3-6H2,1-2H3;. The summed E-state index contributed by atoms with van der Waals surface area (Å²) in [6.45, 7) is 1.68. The highest BCUT2D eigenvalue weighted by molar-refractivity contribution is 7.99. The average molecular weight is 161 g/mol. The third-order valence-corrected chi connectivity index (χ3v) is 1.77. The number of methoxy groups -OCH3 is 2. The van der Waals surface area contributed by atoms with Gasteiger partial charge in [-0.05, 0) is 0 Å². The van der Waals surface area contributed by atoms with E-state index in [0.29, 0.717) is 0 Å². The van der Waals surface area contributed by atoms with E-state index >= 15 is 0 Å². The molecule has 0 aliphatic rings. The molecule has 0 aliphatic carbocycles. The SMILES string of the molecule is COCCSCCOC.[B]. The van der Waals surface area contributed by atoms with Crippen molar-refractivity contribution in [2.45, 2.75) is 0 Å². The van der Waals surface area contributed by atoms with Gasteiger partial charge in [-0.15, -0.1) is 0 Å². The number of rotatable bonds is 6. The van der Waals surface area contributed by atoms with Gasteiger partial charge < -0.3 is 9.47 Å². The van der Waals surface area contributed by atoms with Crippen molar-refractivity contribution < 1.29 is 9.47 Å². The minimum Gasteiger partial charge on any atom is -0.384 e. The predicted molar refractivity (Wildman–Crippen MR) is 46.8 cm³/mol. The van der Waals surface area contributed by atoms with Gasteiger partial charge in [-0.3, -0.25) is 0 Å². The van der Waals surface area contributed by atoms with E-state index in [4.69, 9.17) is 9.47 Å². The first-order valence-corrected chi connectivity index (χ1v) is 4.13. The fourth-order valence-corrected chi connectivity index (χ4v) is 1.16. The van der Waals surface area contributed by atoms with E-state index in [9.17, 15) is 0 Å². The van der Waals surface area contributed by atoms with Crippen molar-refractivity contribution >= 4 is 20.2 Å². The summed E-state index contributed by atoms with van der Waals surface area (Å²) in [5.41, 5.74) is 0. The summed E-state index contributed by atoms with van der Waals surface area (Å²) in [5, 5.41) is 0. The van der Waals surface area contributed by atoms with Gasteiger partial charge in [0.05, 0.1) is 13.2 Å². The molecule has 0 saturated carbocycles. The maximum Gasteiger partial charge on any atom is 0.0552 e. The molecule has 0 spiro atoms. The van der Waals surface area contributed by atoms with Crippen LogP contribution in [0, 0.1) is 0 Å². The lowest BCUT2D eigenvalue weighted by Gasteiger charge is -1.98. The molecule has 4 heteroatoms. The third-order valence-electron chi connectivity index (χ3n) is 0.864. The van der Waals surface area contributed by atoms with E-state index < -0.39 is 0 Å². The quantitative estimate of drug-likeness (QED) is 0.420. The lowest BCUT2D eigenvalue weighted by Crippen LogP contribution is -1.96. The van der Waals surface area contributed by atoms with Crippen LogP contribution in [0.15, 0.2) is 0 Å². The summed E-state index contributed by atoms with van der Waals surface area (Å²) in [7, 11) is 3.44. The molecular formula is C6H14BO2S. The molecule has 0 bridgehead atoms. The van der Waals surface area contributed by atoms with E-state index in [-0.39, 0.29) is 8.41 Å². The Morgan fingerprint density at radius 3 is 1.70 bits per heavy atom. The maximum atomic E-state index is 4.86. The largest absolute Gasteiger partial charge is 0.384 e. The summed E-state index contributed by atoms with van der Waals surface area (Å²) in [5.74, 6) is 2.14. The monoisotopic (exact) mass is 161 g/mol. The first-order chi connectivity index (χ1) is 4.41. The maximum absolute atomic E-state index is 4.86. The Kier molecular flexibility index (Phi) is 15.6. The van der Waals surface area contributed by atoms with Crippen molar-refractivity contribution in [2.75, 3.05) is 38.9 Å². The number of hydrogen-bond donors (Lipinski definition) is 0. The molecule has 0 aliphatic heterocycles. The topological polar surface area (TPSA) is 18.5 Å². The second-order valence-electron chi connectivity index (χ2n) is 1.60. The molecule has 59 valence electrons. The van der Waals surface area contributed by atoms with Crippen LogP contribution in [0.5, 0.6) is 0 Å². The Balaban J connectivity index is 0. The molecule has 0 aromatic rings. The van der Waals surface area contributed by atoms with E-state index in [1.165, 1.54) is 0 Å². The summed E-state index contributed by atoms with van der Waals surface area (Å²) in [6.07, 6.45) is 0. The lowest BCUT2D eigenvalue weighted by molar-refractivity contribution is 0.215. The molecule has 0 aromatic heterocycles. The molecule has 2 nitrogen and oxygen atoms in total. The molecule has 0 heterocycles. The molecule has 3 radical (unpaired) electrons. The molecule has 0 unspecified atom stereocenters. The minimum atomic E-state index is 0. The van der Waals surface area contributed by atoms with Crippen LogP contribution in [0.2, 0.25) is 0 Å². The summed E-state index contributed by atoms with van der Waals surface area (Å²) < 4.78 is 9.72. The fraction of sp³-hybridized carbons (Fsp3) is 1.00. The minimum absolute atomic E-state index is 0. The van der Waals surface area contributed by atoms with Crippen molar-refractivity contribution in [3.8, 4) is 0 Å². The van der Waals surface area contributed by atoms with Gasteiger partial charge in [-0.2, -0.15) is 11.8 Å². The van der Waals surface area contributed by atoms with Gasteiger partial charge >= 0.3 is 0 Å². The zero-order chi connectivity index (χ0) is 6.95. The van der Waals surface area contributed by atoms with Crippen molar-refractivity contribution in [2.24, 2.45) is 0 Å². The second kappa shape index (κ2) is 12.1. The molecule has 0 saturated heterocycles. The van der Waals surface area contributed by atoms with Crippen LogP contribution in [0.3, 0.4) is 0 Å². The molecular weight excluding hydrogens is 147 g/mol. The van der Waals surface area contributed by atoms with Gasteiger partial charge in [0.25, 0.3) is 0 Å². The normalized spacial score (nSPS) is 9.00. The van der Waals surface area contributed by atoms with Gasteiger partial charge in [0, 0.05) is 34.1 Å². The molecule has 0 atom stereocenters. The van der Waals surface area contributed by atoms with Crippen LogP contribution in [0.25, 0.3) is 0 Å². The van der Waals surface area contributed by atoms with Gasteiger partial charge in [0.1, 0.15) is 0 Å². The van der Waals surface area contributed by atoms with Gasteiger partial charge in [0.15, 0.2) is 0 Å². The predicted octanol–water partition coefficient (Wildman–Crippen LogP) is 0.632. The van der Waals surface area contributed by atoms with Crippen molar-refractivity contribution in [3.05, 3.63) is 0 Å². The van der Waals surface area contributed by atoms with Crippen LogP contribution in [-0.4, -0.2) is 47.4 Å². The number of thioether (sulfide) groups is 1. The van der Waals surface area contributed by atoms with Gasteiger partial charge in [-0.1, -0.05) is 0 Å². The van der Waals surface area contributed by atoms with Crippen LogP contribution in [0.4, 0.5) is 0 Å². The Morgan fingerprint density at radius 2 is 1.40 bits per heavy atom. The molecule has 10 heavy (non-hydrogen) atoms. The van der Waals surface area contributed by atoms with Crippen LogP contribution in [0.1, 0.15) is 0 Å². The highest BCUT2D eigenvalue weighted by Gasteiger charge is 1.85. The molecule has 0 N–H and O–H groups in total. The highest BCUT2D eigenvalue weighted by atomic mass is 32.2. The third kappa shape index (κ3) is 11.2. The van der Waals surface area contributed by atoms with E-state index in [1.54, 1.807) is 14.2 Å². The smallest absolute Gasteiger partial charge is 0.0552 e. The van der Waals surface area contributed by atoms with Gasteiger partial charge in [0.2, 0.25) is 0 Å². The highest BCUT2D eigenvalue weighted by Crippen LogP contribution is 1.97. The molecule has 0 rings (SSSR count). The zero-order valence-electron chi connectivity index (χ0n) is 6.63. The van der Waals surface area contributed by atoms with E-state index in [1.807, 2.05) is 11.8 Å². The summed E-state index contributed by atoms with van der Waals surface area (Å²) >= 11 is 1.85. The second-order valence-corrected chi connectivity index (χ2v) is 2.82. The fourth-order valence-electron chi connectivity index (χ4n) is 0.387. The van der Waals surface area contributed by atoms with Crippen LogP contribution >= 0.6 is 11.8 Å². The van der Waals surface area contributed by atoms with Crippen LogP contribution in [-0.2, 0) is 9.47 Å². The Labute approximate surface area is 69.2 Å².